The molecule has 0 saturated carbocycles. The first-order valence-electron chi connectivity index (χ1n) is 2.65. The number of thiol groups is 1. The lowest BCUT2D eigenvalue weighted by molar-refractivity contribution is 0.132. The highest BCUT2D eigenvalue weighted by Gasteiger charge is 2.33. The zero-order chi connectivity index (χ0) is 7.33. The minimum Gasteiger partial charge on any atom is -0.369 e. The molecular formula is C4H12O3SSi. The van der Waals surface area contributed by atoms with Gasteiger partial charge in [-0.25, -0.2) is 0 Å². The van der Waals surface area contributed by atoms with Crippen LogP contribution in [0.25, 0.3) is 0 Å². The largest absolute Gasteiger partial charge is 0.569 e. The third kappa shape index (κ3) is 3.22. The van der Waals surface area contributed by atoms with Crippen molar-refractivity contribution in [1.82, 2.24) is 0 Å². The van der Waals surface area contributed by atoms with Crippen molar-refractivity contribution >= 4 is 20.0 Å². The molecule has 56 valence electrons. The highest BCUT2D eigenvalue weighted by Crippen LogP contribution is 2.10. The van der Waals surface area contributed by atoms with E-state index in [1.54, 1.807) is 0 Å². The van der Waals surface area contributed by atoms with Gasteiger partial charge in [-0.3, -0.25) is 0 Å². The predicted molar refractivity (Wildman–Crippen MR) is 40.4 cm³/mol. The van der Waals surface area contributed by atoms with E-state index < -0.39 is 7.95 Å². The monoisotopic (exact) mass is 168 g/mol. The zero-order valence-corrected chi connectivity index (χ0v) is 7.77. The van der Waals surface area contributed by atoms with Gasteiger partial charge in [-0.2, -0.15) is 0 Å². The van der Waals surface area contributed by atoms with Crippen LogP contribution in [0.3, 0.4) is 0 Å². The van der Waals surface area contributed by atoms with E-state index in [4.69, 9.17) is 13.3 Å². The van der Waals surface area contributed by atoms with Crippen molar-refractivity contribution in [2.75, 3.05) is 20.8 Å². The highest BCUT2D eigenvalue weighted by molar-refractivity contribution is 8.11. The van der Waals surface area contributed by atoms with Crippen molar-refractivity contribution in [3.05, 3.63) is 0 Å². The zero-order valence-electron chi connectivity index (χ0n) is 5.88. The Morgan fingerprint density at radius 3 is 1.89 bits per heavy atom. The smallest absolute Gasteiger partial charge is 0.369 e. The van der Waals surface area contributed by atoms with E-state index in [0.29, 0.717) is 6.61 Å². The van der Waals surface area contributed by atoms with Gasteiger partial charge in [-0.1, -0.05) is 0 Å². The van der Waals surface area contributed by atoms with Gasteiger partial charge in [-0.15, -0.1) is 12.1 Å². The quantitative estimate of drug-likeness (QED) is 0.494. The van der Waals surface area contributed by atoms with E-state index in [1.807, 2.05) is 6.92 Å². The molecule has 0 aliphatic heterocycles. The minimum atomic E-state index is -2.50. The van der Waals surface area contributed by atoms with Crippen LogP contribution in [0.1, 0.15) is 6.92 Å². The Morgan fingerprint density at radius 1 is 1.33 bits per heavy atom. The summed E-state index contributed by atoms with van der Waals surface area (Å²) in [5.74, 6) is 0. The predicted octanol–water partition coefficient (Wildman–Crippen LogP) is 0.681. The number of hydrogen-bond acceptors (Lipinski definition) is 4. The molecular weight excluding hydrogens is 156 g/mol. The second kappa shape index (κ2) is 4.29. The van der Waals surface area contributed by atoms with Gasteiger partial charge in [0.15, 0.2) is 0 Å². The van der Waals surface area contributed by atoms with Crippen LogP contribution >= 0.6 is 12.1 Å². The summed E-state index contributed by atoms with van der Waals surface area (Å²) in [6, 6.07) is 0. The summed E-state index contributed by atoms with van der Waals surface area (Å²) in [4.78, 5) is 0. The molecule has 5 heteroatoms. The molecule has 0 aliphatic rings. The molecule has 0 N–H and O–H groups in total. The van der Waals surface area contributed by atoms with Crippen LogP contribution in [0.15, 0.2) is 0 Å². The SMILES string of the molecule is CCO[Si](S)(OC)OC. The summed E-state index contributed by atoms with van der Waals surface area (Å²) in [5.41, 5.74) is 0. The van der Waals surface area contributed by atoms with Gasteiger partial charge in [-0.05, 0) is 6.92 Å². The van der Waals surface area contributed by atoms with E-state index in [0.717, 1.165) is 0 Å². The Labute approximate surface area is 61.7 Å². The molecule has 9 heavy (non-hydrogen) atoms. The molecule has 0 aromatic carbocycles. The molecule has 0 aromatic rings. The van der Waals surface area contributed by atoms with Crippen molar-refractivity contribution in [3.63, 3.8) is 0 Å². The Morgan fingerprint density at radius 2 is 1.78 bits per heavy atom. The van der Waals surface area contributed by atoms with Gasteiger partial charge in [0, 0.05) is 20.8 Å². The highest BCUT2D eigenvalue weighted by atomic mass is 32.3. The fraction of sp³-hybridized carbons (Fsp3) is 1.00. The lowest BCUT2D eigenvalue weighted by Gasteiger charge is -2.18. The topological polar surface area (TPSA) is 27.7 Å². The van der Waals surface area contributed by atoms with Gasteiger partial charge in [0.1, 0.15) is 0 Å². The third-order valence-electron chi connectivity index (χ3n) is 0.843. The first-order chi connectivity index (χ1) is 4.18. The van der Waals surface area contributed by atoms with E-state index in [-0.39, 0.29) is 0 Å². The summed E-state index contributed by atoms with van der Waals surface area (Å²) < 4.78 is 14.9. The van der Waals surface area contributed by atoms with E-state index in [2.05, 4.69) is 12.1 Å². The summed E-state index contributed by atoms with van der Waals surface area (Å²) in [7, 11) is 0.549. The lowest BCUT2D eigenvalue weighted by atomic mass is 10.9. The van der Waals surface area contributed by atoms with Gasteiger partial charge < -0.3 is 13.3 Å². The van der Waals surface area contributed by atoms with E-state index in [9.17, 15) is 0 Å². The molecule has 0 rings (SSSR count). The maximum atomic E-state index is 5.09. The second-order valence-corrected chi connectivity index (χ2v) is 5.16. The Balaban J connectivity index is 3.62. The molecule has 3 nitrogen and oxygen atoms in total. The third-order valence-corrected chi connectivity index (χ3v) is 4.01. The molecule has 0 radical (unpaired) electrons. The summed E-state index contributed by atoms with van der Waals surface area (Å²) in [6.45, 7) is 2.44. The Bertz CT molecular complexity index is 76.2. The van der Waals surface area contributed by atoms with Crippen molar-refractivity contribution < 1.29 is 13.3 Å². The summed E-state index contributed by atoms with van der Waals surface area (Å²) in [6.07, 6.45) is 0. The molecule has 0 spiro atoms. The standard InChI is InChI=1S/C4H12O3SSi/c1-4-7-9(8,5-2)6-3/h8H,4H2,1-3H3. The number of hydrogen-bond donors (Lipinski definition) is 1. The van der Waals surface area contributed by atoms with Crippen LogP contribution in [-0.2, 0) is 13.3 Å². The van der Waals surface area contributed by atoms with Crippen LogP contribution in [0.5, 0.6) is 0 Å². The fourth-order valence-electron chi connectivity index (χ4n) is 0.384. The van der Waals surface area contributed by atoms with Crippen LogP contribution in [-0.4, -0.2) is 28.8 Å². The normalized spacial score (nSPS) is 12.0. The molecule has 0 bridgehead atoms. The van der Waals surface area contributed by atoms with Crippen molar-refractivity contribution in [1.29, 1.82) is 0 Å². The molecule has 0 atom stereocenters. The molecule has 0 amide bonds. The first kappa shape index (κ1) is 9.45. The van der Waals surface area contributed by atoms with Crippen LogP contribution < -0.4 is 0 Å². The average Bonchev–Trinajstić information content (AvgIpc) is 1.89. The van der Waals surface area contributed by atoms with Gasteiger partial charge in [0.25, 0.3) is 0 Å². The Hall–Kier alpha value is 0.447. The maximum absolute atomic E-state index is 5.09. The summed E-state index contributed by atoms with van der Waals surface area (Å²) >= 11 is 4.07. The van der Waals surface area contributed by atoms with Gasteiger partial charge >= 0.3 is 7.95 Å². The van der Waals surface area contributed by atoms with Gasteiger partial charge in [0.05, 0.1) is 0 Å². The minimum absolute atomic E-state index is 0.567. The summed E-state index contributed by atoms with van der Waals surface area (Å²) in [5, 5.41) is 0. The van der Waals surface area contributed by atoms with Gasteiger partial charge in [0.2, 0.25) is 0 Å². The molecule has 0 unspecified atom stereocenters. The molecule has 0 fully saturated rings. The van der Waals surface area contributed by atoms with Crippen molar-refractivity contribution in [2.24, 2.45) is 0 Å². The van der Waals surface area contributed by atoms with E-state index >= 15 is 0 Å². The average molecular weight is 168 g/mol. The molecule has 0 aliphatic carbocycles. The van der Waals surface area contributed by atoms with Crippen molar-refractivity contribution in [3.8, 4) is 0 Å². The van der Waals surface area contributed by atoms with Crippen molar-refractivity contribution in [2.45, 2.75) is 6.92 Å². The fourth-order valence-corrected chi connectivity index (χ4v) is 1.54. The first-order valence-corrected chi connectivity index (χ1v) is 5.66. The van der Waals surface area contributed by atoms with Crippen LogP contribution in [0, 0.1) is 0 Å². The Kier molecular flexibility index (Phi) is 4.51. The molecule has 0 aromatic heterocycles. The number of rotatable bonds is 4. The lowest BCUT2D eigenvalue weighted by Crippen LogP contribution is -2.37. The van der Waals surface area contributed by atoms with Crippen LogP contribution in [0.2, 0.25) is 0 Å². The molecule has 0 saturated heterocycles. The van der Waals surface area contributed by atoms with Crippen LogP contribution in [0.4, 0.5) is 0 Å². The van der Waals surface area contributed by atoms with E-state index in [1.165, 1.54) is 14.2 Å². The maximum Gasteiger partial charge on any atom is 0.569 e. The second-order valence-electron chi connectivity index (χ2n) is 1.37. The molecule has 0 heterocycles.